The van der Waals surface area contributed by atoms with Crippen molar-refractivity contribution in [1.82, 2.24) is 10.2 Å². The van der Waals surface area contributed by atoms with E-state index in [2.05, 4.69) is 24.1 Å². The lowest BCUT2D eigenvalue weighted by atomic mass is 10.2. The highest BCUT2D eigenvalue weighted by Gasteiger charge is 2.27. The van der Waals surface area contributed by atoms with Crippen molar-refractivity contribution in [2.45, 2.75) is 44.9 Å². The Bertz CT molecular complexity index is 231. The minimum atomic E-state index is 0.166. The number of nitrogens with zero attached hydrogens (tertiary/aromatic N) is 1. The number of carbonyl (C=O) groups excluding carboxylic acids is 1. The van der Waals surface area contributed by atoms with E-state index in [0.717, 1.165) is 25.9 Å². The van der Waals surface area contributed by atoms with Crippen molar-refractivity contribution in [3.63, 3.8) is 0 Å². The van der Waals surface area contributed by atoms with Gasteiger partial charge < -0.3 is 10.1 Å². The summed E-state index contributed by atoms with van der Waals surface area (Å²) in [6, 6.07) is 0.466. The van der Waals surface area contributed by atoms with E-state index >= 15 is 0 Å². The molecule has 0 bridgehead atoms. The Balaban J connectivity index is 1.74. The maximum absolute atomic E-state index is 11.6. The van der Waals surface area contributed by atoms with Gasteiger partial charge >= 0.3 is 0 Å². The summed E-state index contributed by atoms with van der Waals surface area (Å²) in [6.45, 7) is 6.36. The van der Waals surface area contributed by atoms with Crippen LogP contribution in [0.3, 0.4) is 0 Å². The summed E-state index contributed by atoms with van der Waals surface area (Å²) in [5, 5.41) is 3.01. The second kappa shape index (κ2) is 4.49. The quantitative estimate of drug-likeness (QED) is 0.735. The zero-order valence-electron chi connectivity index (χ0n) is 9.53. The zero-order valence-corrected chi connectivity index (χ0v) is 9.53. The van der Waals surface area contributed by atoms with Gasteiger partial charge in [-0.2, -0.15) is 0 Å². The van der Waals surface area contributed by atoms with Crippen LogP contribution in [0.15, 0.2) is 0 Å². The van der Waals surface area contributed by atoms with Gasteiger partial charge in [-0.3, -0.25) is 9.69 Å². The van der Waals surface area contributed by atoms with E-state index in [0.29, 0.717) is 12.6 Å². The Labute approximate surface area is 91.0 Å². The van der Waals surface area contributed by atoms with Crippen molar-refractivity contribution >= 4 is 5.91 Å². The monoisotopic (exact) mass is 212 g/mol. The van der Waals surface area contributed by atoms with Crippen molar-refractivity contribution in [3.8, 4) is 0 Å². The number of hydrogen-bond donors (Lipinski definition) is 1. The topological polar surface area (TPSA) is 41.6 Å². The van der Waals surface area contributed by atoms with Crippen LogP contribution in [-0.4, -0.2) is 48.7 Å². The van der Waals surface area contributed by atoms with E-state index < -0.39 is 0 Å². The molecule has 2 fully saturated rings. The first-order valence-corrected chi connectivity index (χ1v) is 5.80. The molecule has 2 atom stereocenters. The van der Waals surface area contributed by atoms with Crippen LogP contribution >= 0.6 is 0 Å². The molecule has 2 aliphatic rings. The van der Waals surface area contributed by atoms with E-state index in [1.54, 1.807) is 0 Å². The summed E-state index contributed by atoms with van der Waals surface area (Å²) in [6.07, 6.45) is 2.79. The van der Waals surface area contributed by atoms with Crippen LogP contribution in [0.25, 0.3) is 0 Å². The Kier molecular flexibility index (Phi) is 3.26. The van der Waals surface area contributed by atoms with Crippen molar-refractivity contribution in [1.29, 1.82) is 0 Å². The van der Waals surface area contributed by atoms with Crippen LogP contribution in [0.5, 0.6) is 0 Å². The highest BCUT2D eigenvalue weighted by atomic mass is 16.5. The van der Waals surface area contributed by atoms with Gasteiger partial charge in [0.1, 0.15) is 0 Å². The van der Waals surface area contributed by atoms with E-state index in [1.165, 1.54) is 0 Å². The molecule has 1 saturated carbocycles. The minimum Gasteiger partial charge on any atom is -0.373 e. The summed E-state index contributed by atoms with van der Waals surface area (Å²) >= 11 is 0. The second-order valence-corrected chi connectivity index (χ2v) is 4.79. The average Bonchev–Trinajstić information content (AvgIpc) is 2.85. The second-order valence-electron chi connectivity index (χ2n) is 4.79. The molecule has 15 heavy (non-hydrogen) atoms. The molecule has 86 valence electrons. The molecule has 1 aliphatic carbocycles. The maximum atomic E-state index is 11.6. The third kappa shape index (κ3) is 3.47. The smallest absolute Gasteiger partial charge is 0.234 e. The molecule has 0 aromatic heterocycles. The van der Waals surface area contributed by atoms with Gasteiger partial charge in [-0.05, 0) is 26.7 Å². The molecule has 4 nitrogen and oxygen atoms in total. The van der Waals surface area contributed by atoms with E-state index in [-0.39, 0.29) is 18.1 Å². The maximum Gasteiger partial charge on any atom is 0.234 e. The van der Waals surface area contributed by atoms with Crippen LogP contribution in [-0.2, 0) is 9.53 Å². The van der Waals surface area contributed by atoms with Crippen molar-refractivity contribution in [2.24, 2.45) is 0 Å². The fraction of sp³-hybridized carbons (Fsp3) is 0.909. The lowest BCUT2D eigenvalue weighted by molar-refractivity contribution is -0.126. The number of morpholine rings is 1. The largest absolute Gasteiger partial charge is 0.373 e. The number of rotatable bonds is 3. The number of hydrogen-bond acceptors (Lipinski definition) is 3. The van der Waals surface area contributed by atoms with Gasteiger partial charge in [-0.25, -0.2) is 0 Å². The first-order valence-electron chi connectivity index (χ1n) is 5.80. The molecule has 0 aromatic carbocycles. The van der Waals surface area contributed by atoms with Gasteiger partial charge in [0.2, 0.25) is 5.91 Å². The zero-order chi connectivity index (χ0) is 10.8. The van der Waals surface area contributed by atoms with Crippen LogP contribution < -0.4 is 5.32 Å². The summed E-state index contributed by atoms with van der Waals surface area (Å²) in [5.74, 6) is 0.166. The fourth-order valence-corrected chi connectivity index (χ4v) is 2.12. The Morgan fingerprint density at radius 3 is 2.47 bits per heavy atom. The van der Waals surface area contributed by atoms with E-state index in [4.69, 9.17) is 4.74 Å². The molecule has 0 spiro atoms. The predicted octanol–water partition coefficient (Wildman–Crippen LogP) is 0.374. The van der Waals surface area contributed by atoms with Crippen LogP contribution in [0.1, 0.15) is 26.7 Å². The van der Waals surface area contributed by atoms with Gasteiger partial charge in [0.15, 0.2) is 0 Å². The highest BCUT2D eigenvalue weighted by molar-refractivity contribution is 5.78. The van der Waals surface area contributed by atoms with Crippen molar-refractivity contribution in [3.05, 3.63) is 0 Å². The number of nitrogens with one attached hydrogen (secondary N) is 1. The summed E-state index contributed by atoms with van der Waals surface area (Å²) in [5.41, 5.74) is 0. The number of ether oxygens (including phenoxy) is 1. The highest BCUT2D eigenvalue weighted by Crippen LogP contribution is 2.18. The van der Waals surface area contributed by atoms with Gasteiger partial charge in [-0.1, -0.05) is 0 Å². The molecule has 0 radical (unpaired) electrons. The molecule has 1 N–H and O–H groups in total. The normalized spacial score (nSPS) is 32.7. The first-order chi connectivity index (χ1) is 7.13. The number of amides is 1. The first kappa shape index (κ1) is 10.9. The standard InChI is InChI=1S/C11H20N2O2/c1-8-5-13(6-9(2)15-8)7-11(14)12-10-3-4-10/h8-10H,3-7H2,1-2H3,(H,12,14). The fourth-order valence-electron chi connectivity index (χ4n) is 2.12. The Hall–Kier alpha value is -0.610. The molecular formula is C11H20N2O2. The van der Waals surface area contributed by atoms with E-state index in [1.807, 2.05) is 0 Å². The molecule has 2 rings (SSSR count). The third-order valence-electron chi connectivity index (χ3n) is 2.80. The lowest BCUT2D eigenvalue weighted by Crippen LogP contribution is -2.49. The molecule has 2 unspecified atom stereocenters. The molecule has 1 saturated heterocycles. The van der Waals surface area contributed by atoms with Gasteiger partial charge in [-0.15, -0.1) is 0 Å². The Morgan fingerprint density at radius 2 is 1.93 bits per heavy atom. The molecular weight excluding hydrogens is 192 g/mol. The van der Waals surface area contributed by atoms with Gasteiger partial charge in [0.05, 0.1) is 18.8 Å². The minimum absolute atomic E-state index is 0.166. The molecule has 1 amide bonds. The molecule has 1 heterocycles. The van der Waals surface area contributed by atoms with Crippen LogP contribution in [0, 0.1) is 0 Å². The summed E-state index contributed by atoms with van der Waals surface area (Å²) < 4.78 is 5.62. The third-order valence-corrected chi connectivity index (χ3v) is 2.80. The molecule has 1 aliphatic heterocycles. The van der Waals surface area contributed by atoms with Gasteiger partial charge in [0, 0.05) is 19.1 Å². The van der Waals surface area contributed by atoms with Crippen molar-refractivity contribution in [2.75, 3.05) is 19.6 Å². The average molecular weight is 212 g/mol. The summed E-state index contributed by atoms with van der Waals surface area (Å²) in [7, 11) is 0. The predicted molar refractivity (Wildman–Crippen MR) is 57.6 cm³/mol. The van der Waals surface area contributed by atoms with E-state index in [9.17, 15) is 4.79 Å². The Morgan fingerprint density at radius 1 is 1.33 bits per heavy atom. The lowest BCUT2D eigenvalue weighted by Gasteiger charge is -2.34. The SMILES string of the molecule is CC1CN(CC(=O)NC2CC2)CC(C)O1. The van der Waals surface area contributed by atoms with Crippen LogP contribution in [0.2, 0.25) is 0 Å². The summed E-state index contributed by atoms with van der Waals surface area (Å²) in [4.78, 5) is 13.8. The van der Waals surface area contributed by atoms with Crippen molar-refractivity contribution < 1.29 is 9.53 Å². The number of carbonyl (C=O) groups is 1. The molecule has 4 heteroatoms. The van der Waals surface area contributed by atoms with Crippen LogP contribution in [0.4, 0.5) is 0 Å². The molecule has 0 aromatic rings. The van der Waals surface area contributed by atoms with Gasteiger partial charge in [0.25, 0.3) is 0 Å².